The topological polar surface area (TPSA) is 85.0 Å². The van der Waals surface area contributed by atoms with E-state index in [1.807, 2.05) is 24.3 Å². The average molecular weight is 404 g/mol. The highest BCUT2D eigenvalue weighted by molar-refractivity contribution is 9.10. The summed E-state index contributed by atoms with van der Waals surface area (Å²) in [6.07, 6.45) is 0. The first-order valence-electron chi connectivity index (χ1n) is 7.40. The zero-order chi connectivity index (χ0) is 18.2. The van der Waals surface area contributed by atoms with Crippen LogP contribution in [0.3, 0.4) is 0 Å². The number of carbonyl (C=O) groups excluding carboxylic acids is 1. The van der Waals surface area contributed by atoms with Gasteiger partial charge in [-0.1, -0.05) is 34.1 Å². The first-order valence-corrected chi connectivity index (χ1v) is 8.20. The standard InChI is InChI=1S/C17H14BrN3O4/c1-11(22)20-17(2,13-6-8-14(18)9-7-13)25-16(19-20)12-4-3-5-15(10-12)21(23)24/h3-10H,1-2H3/t17-/m0/s1. The summed E-state index contributed by atoms with van der Waals surface area (Å²) in [5, 5.41) is 16.5. The van der Waals surface area contributed by atoms with Crippen molar-refractivity contribution in [1.82, 2.24) is 5.01 Å². The lowest BCUT2D eigenvalue weighted by Crippen LogP contribution is -2.41. The van der Waals surface area contributed by atoms with E-state index < -0.39 is 10.6 Å². The van der Waals surface area contributed by atoms with Crippen LogP contribution < -0.4 is 0 Å². The molecule has 0 radical (unpaired) electrons. The molecule has 0 aromatic heterocycles. The number of hydrogen-bond acceptors (Lipinski definition) is 5. The van der Waals surface area contributed by atoms with Crippen LogP contribution in [-0.4, -0.2) is 21.7 Å². The SMILES string of the molecule is CC(=O)N1N=C(c2cccc([N+](=O)[O-])c2)O[C@@]1(C)c1ccc(Br)cc1. The third kappa shape index (κ3) is 3.12. The molecule has 0 saturated carbocycles. The van der Waals surface area contributed by atoms with Crippen LogP contribution >= 0.6 is 15.9 Å². The maximum absolute atomic E-state index is 12.1. The van der Waals surface area contributed by atoms with Crippen molar-refractivity contribution in [2.45, 2.75) is 19.6 Å². The lowest BCUT2D eigenvalue weighted by atomic mass is 10.0. The Balaban J connectivity index is 2.03. The lowest BCUT2D eigenvalue weighted by Gasteiger charge is -2.31. The molecule has 0 fully saturated rings. The molecule has 1 aliphatic rings. The second kappa shape index (κ2) is 6.29. The van der Waals surface area contributed by atoms with Gasteiger partial charge in [-0.05, 0) is 18.2 Å². The van der Waals surface area contributed by atoms with Crippen LogP contribution in [-0.2, 0) is 15.3 Å². The summed E-state index contributed by atoms with van der Waals surface area (Å²) >= 11 is 3.37. The van der Waals surface area contributed by atoms with Crippen molar-refractivity contribution in [2.75, 3.05) is 0 Å². The number of carbonyl (C=O) groups is 1. The maximum atomic E-state index is 12.1. The number of hydrogen-bond donors (Lipinski definition) is 0. The van der Waals surface area contributed by atoms with Crippen molar-refractivity contribution < 1.29 is 14.5 Å². The normalized spacial score (nSPS) is 19.3. The third-order valence-corrected chi connectivity index (χ3v) is 4.40. The minimum absolute atomic E-state index is 0.0737. The number of nitro groups is 1. The van der Waals surface area contributed by atoms with Crippen molar-refractivity contribution in [3.8, 4) is 0 Å². The number of benzene rings is 2. The number of halogens is 1. The van der Waals surface area contributed by atoms with Gasteiger partial charge < -0.3 is 4.74 Å². The summed E-state index contributed by atoms with van der Waals surface area (Å²) in [6, 6.07) is 13.3. The minimum Gasteiger partial charge on any atom is -0.443 e. The van der Waals surface area contributed by atoms with Gasteiger partial charge in [-0.2, -0.15) is 5.01 Å². The molecular weight excluding hydrogens is 390 g/mol. The number of nitrogens with zero attached hydrogens (tertiary/aromatic N) is 3. The Bertz CT molecular complexity index is 882. The van der Waals surface area contributed by atoms with Crippen LogP contribution in [0, 0.1) is 10.1 Å². The molecule has 0 N–H and O–H groups in total. The number of hydrazone groups is 1. The van der Waals surface area contributed by atoms with Gasteiger partial charge in [-0.25, -0.2) is 0 Å². The van der Waals surface area contributed by atoms with Crippen LogP contribution in [0.5, 0.6) is 0 Å². The van der Waals surface area contributed by atoms with E-state index in [0.29, 0.717) is 5.56 Å². The molecule has 1 atom stereocenters. The predicted molar refractivity (Wildman–Crippen MR) is 94.7 cm³/mol. The highest BCUT2D eigenvalue weighted by atomic mass is 79.9. The van der Waals surface area contributed by atoms with Gasteiger partial charge in [0.1, 0.15) is 0 Å². The molecule has 7 nitrogen and oxygen atoms in total. The number of amides is 1. The summed E-state index contributed by atoms with van der Waals surface area (Å²) in [5.41, 5.74) is -0.0428. The van der Waals surface area contributed by atoms with E-state index >= 15 is 0 Å². The largest absolute Gasteiger partial charge is 0.443 e. The smallest absolute Gasteiger partial charge is 0.270 e. The number of rotatable bonds is 3. The van der Waals surface area contributed by atoms with Gasteiger partial charge in [0.25, 0.3) is 5.69 Å². The van der Waals surface area contributed by atoms with Gasteiger partial charge in [0.2, 0.25) is 17.5 Å². The number of nitro benzene ring substituents is 1. The number of ether oxygens (including phenoxy) is 1. The molecule has 3 rings (SSSR count). The van der Waals surface area contributed by atoms with E-state index in [-0.39, 0.29) is 17.5 Å². The molecule has 2 aromatic rings. The molecule has 0 spiro atoms. The first kappa shape index (κ1) is 17.1. The highest BCUT2D eigenvalue weighted by Crippen LogP contribution is 2.37. The molecule has 25 heavy (non-hydrogen) atoms. The highest BCUT2D eigenvalue weighted by Gasteiger charge is 2.45. The molecule has 0 unspecified atom stereocenters. The van der Waals surface area contributed by atoms with Crippen molar-refractivity contribution in [3.63, 3.8) is 0 Å². The molecule has 0 aliphatic carbocycles. The fourth-order valence-corrected chi connectivity index (χ4v) is 2.88. The van der Waals surface area contributed by atoms with E-state index in [1.165, 1.54) is 24.1 Å². The van der Waals surface area contributed by atoms with Crippen molar-refractivity contribution >= 4 is 33.4 Å². The zero-order valence-electron chi connectivity index (χ0n) is 13.5. The second-order valence-corrected chi connectivity index (χ2v) is 6.55. The van der Waals surface area contributed by atoms with Gasteiger partial charge in [-0.3, -0.25) is 14.9 Å². The van der Waals surface area contributed by atoms with Crippen LogP contribution in [0.1, 0.15) is 25.0 Å². The fraction of sp³-hybridized carbons (Fsp3) is 0.176. The van der Waals surface area contributed by atoms with Crippen LogP contribution in [0.2, 0.25) is 0 Å². The maximum Gasteiger partial charge on any atom is 0.270 e. The van der Waals surface area contributed by atoms with E-state index in [1.54, 1.807) is 19.1 Å². The molecule has 2 aromatic carbocycles. The molecule has 128 valence electrons. The summed E-state index contributed by atoms with van der Waals surface area (Å²) in [6.45, 7) is 3.12. The Hall–Kier alpha value is -2.74. The zero-order valence-corrected chi connectivity index (χ0v) is 15.1. The third-order valence-electron chi connectivity index (χ3n) is 3.87. The fourth-order valence-electron chi connectivity index (χ4n) is 2.62. The molecular formula is C17H14BrN3O4. The lowest BCUT2D eigenvalue weighted by molar-refractivity contribution is -0.384. The number of non-ortho nitro benzene ring substituents is 1. The quantitative estimate of drug-likeness (QED) is 0.576. The second-order valence-electron chi connectivity index (χ2n) is 5.64. The summed E-state index contributed by atoms with van der Waals surface area (Å²) in [7, 11) is 0. The Morgan fingerprint density at radius 3 is 2.56 bits per heavy atom. The van der Waals surface area contributed by atoms with Gasteiger partial charge in [0, 0.05) is 41.6 Å². The monoisotopic (exact) mass is 403 g/mol. The first-order chi connectivity index (χ1) is 11.8. The Morgan fingerprint density at radius 1 is 1.28 bits per heavy atom. The predicted octanol–water partition coefficient (Wildman–Crippen LogP) is 3.77. The molecule has 1 aliphatic heterocycles. The van der Waals surface area contributed by atoms with E-state index in [4.69, 9.17) is 4.74 Å². The molecule has 1 amide bonds. The van der Waals surface area contributed by atoms with E-state index in [9.17, 15) is 14.9 Å². The molecule has 0 bridgehead atoms. The van der Waals surface area contributed by atoms with Crippen molar-refractivity contribution in [2.24, 2.45) is 5.10 Å². The molecule has 8 heteroatoms. The van der Waals surface area contributed by atoms with Crippen LogP contribution in [0.15, 0.2) is 58.1 Å². The van der Waals surface area contributed by atoms with E-state index in [0.717, 1.165) is 10.0 Å². The minimum atomic E-state index is -1.13. The Morgan fingerprint density at radius 2 is 1.96 bits per heavy atom. The average Bonchev–Trinajstić information content (AvgIpc) is 2.95. The summed E-state index contributed by atoms with van der Waals surface area (Å²) < 4.78 is 6.88. The Kier molecular flexibility index (Phi) is 4.30. The van der Waals surface area contributed by atoms with E-state index in [2.05, 4.69) is 21.0 Å². The van der Waals surface area contributed by atoms with Crippen LogP contribution in [0.25, 0.3) is 0 Å². The van der Waals surface area contributed by atoms with Gasteiger partial charge >= 0.3 is 0 Å². The summed E-state index contributed by atoms with van der Waals surface area (Å²) in [4.78, 5) is 22.6. The molecule has 1 heterocycles. The summed E-state index contributed by atoms with van der Waals surface area (Å²) in [5.74, 6) is -0.143. The van der Waals surface area contributed by atoms with Crippen LogP contribution in [0.4, 0.5) is 5.69 Å². The van der Waals surface area contributed by atoms with Gasteiger partial charge in [-0.15, -0.1) is 5.10 Å². The van der Waals surface area contributed by atoms with Crippen molar-refractivity contribution in [3.05, 3.63) is 74.2 Å². The Labute approximate surface area is 152 Å². The van der Waals surface area contributed by atoms with Crippen molar-refractivity contribution in [1.29, 1.82) is 0 Å². The van der Waals surface area contributed by atoms with Gasteiger partial charge in [0.05, 0.1) is 4.92 Å². The molecule has 0 saturated heterocycles. The van der Waals surface area contributed by atoms with Gasteiger partial charge in [0.15, 0.2) is 0 Å².